The molecule has 4 aromatic rings. The third-order valence-electron chi connectivity index (χ3n) is 5.05. The van der Waals surface area contributed by atoms with Gasteiger partial charge in [-0.05, 0) is 42.5 Å². The van der Waals surface area contributed by atoms with Gasteiger partial charge >= 0.3 is 0 Å². The Kier molecular flexibility index (Phi) is 7.06. The molecule has 0 bridgehead atoms. The van der Waals surface area contributed by atoms with Gasteiger partial charge in [-0.2, -0.15) is 10.1 Å². The van der Waals surface area contributed by atoms with Crippen LogP contribution in [0.25, 0.3) is 10.2 Å². The topological polar surface area (TPSA) is 116 Å². The van der Waals surface area contributed by atoms with Gasteiger partial charge in [0.15, 0.2) is 11.5 Å². The van der Waals surface area contributed by atoms with E-state index in [0.717, 1.165) is 16.3 Å². The van der Waals surface area contributed by atoms with Gasteiger partial charge in [-0.25, -0.2) is 9.37 Å². The van der Waals surface area contributed by atoms with Crippen LogP contribution in [0.2, 0.25) is 0 Å². The number of amides is 1. The van der Waals surface area contributed by atoms with E-state index >= 15 is 0 Å². The molecule has 3 aromatic carbocycles. The maximum absolute atomic E-state index is 13.7. The van der Waals surface area contributed by atoms with Crippen molar-refractivity contribution in [2.24, 2.45) is 5.10 Å². The quantitative estimate of drug-likeness (QED) is 0.185. The van der Waals surface area contributed by atoms with Crippen LogP contribution in [0.4, 0.5) is 15.2 Å². The van der Waals surface area contributed by atoms with Crippen molar-refractivity contribution < 1.29 is 28.3 Å². The second-order valence-electron chi connectivity index (χ2n) is 7.23. The number of carbonyl (C=O) groups is 1. The zero-order valence-electron chi connectivity index (χ0n) is 19.3. The summed E-state index contributed by atoms with van der Waals surface area (Å²) < 4.78 is 30.3. The summed E-state index contributed by atoms with van der Waals surface area (Å²) in [6, 6.07) is 12.5. The number of ether oxygens (including phenoxy) is 3. The lowest BCUT2D eigenvalue weighted by Crippen LogP contribution is -2.25. The molecular formula is C24H19FN4O6S. The summed E-state index contributed by atoms with van der Waals surface area (Å²) in [6.07, 6.45) is 1.40. The second kappa shape index (κ2) is 10.4. The van der Waals surface area contributed by atoms with Crippen LogP contribution in [0.5, 0.6) is 17.2 Å². The predicted molar refractivity (Wildman–Crippen MR) is 133 cm³/mol. The molecule has 0 saturated carbocycles. The first-order valence-corrected chi connectivity index (χ1v) is 11.1. The molecule has 4 rings (SSSR count). The molecule has 12 heteroatoms. The molecule has 36 heavy (non-hydrogen) atoms. The van der Waals surface area contributed by atoms with Crippen molar-refractivity contribution in [1.82, 2.24) is 4.98 Å². The number of thiazole rings is 1. The van der Waals surface area contributed by atoms with Gasteiger partial charge in [0.1, 0.15) is 5.82 Å². The molecule has 1 amide bonds. The number of nitrogens with zero attached hydrogens (tertiary/aromatic N) is 4. The van der Waals surface area contributed by atoms with Gasteiger partial charge < -0.3 is 14.2 Å². The minimum atomic E-state index is -0.590. The van der Waals surface area contributed by atoms with Gasteiger partial charge in [0, 0.05) is 23.3 Å². The number of methoxy groups -OCH3 is 3. The minimum Gasteiger partial charge on any atom is -0.493 e. The van der Waals surface area contributed by atoms with Gasteiger partial charge in [-0.3, -0.25) is 14.9 Å². The largest absolute Gasteiger partial charge is 0.493 e. The maximum Gasteiger partial charge on any atom is 0.280 e. The van der Waals surface area contributed by atoms with Gasteiger partial charge in [0.05, 0.1) is 42.7 Å². The average molecular weight is 511 g/mol. The first-order chi connectivity index (χ1) is 17.3. The molecule has 0 unspecified atom stereocenters. The third-order valence-corrected chi connectivity index (χ3v) is 6.04. The lowest BCUT2D eigenvalue weighted by molar-refractivity contribution is -0.384. The second-order valence-corrected chi connectivity index (χ2v) is 8.24. The predicted octanol–water partition coefficient (Wildman–Crippen LogP) is 5.05. The van der Waals surface area contributed by atoms with Crippen molar-refractivity contribution in [3.05, 3.63) is 81.7 Å². The van der Waals surface area contributed by atoms with E-state index in [9.17, 15) is 19.3 Å². The van der Waals surface area contributed by atoms with Gasteiger partial charge in [0.2, 0.25) is 10.9 Å². The van der Waals surface area contributed by atoms with Gasteiger partial charge in [-0.15, -0.1) is 0 Å². The number of aromatic nitrogens is 1. The standard InChI is InChI=1S/C24H19FN4O6S/c1-33-19-10-14(11-20(34-2)22(19)35-3)13-26-28(23(30)15-4-7-17(8-5-15)29(31)32)24-27-18-9-6-16(25)12-21(18)36-24/h4-13H,1-3H3/b26-13+. The molecule has 0 aliphatic carbocycles. The van der Waals surface area contributed by atoms with Crippen molar-refractivity contribution >= 4 is 44.5 Å². The number of anilines is 1. The first-order valence-electron chi connectivity index (χ1n) is 10.3. The van der Waals surface area contributed by atoms with Crippen LogP contribution in [-0.4, -0.2) is 43.4 Å². The highest BCUT2D eigenvalue weighted by Gasteiger charge is 2.22. The number of hydrogen-bond acceptors (Lipinski definition) is 9. The SMILES string of the molecule is COc1cc(/C=N/N(C(=O)c2ccc([N+](=O)[O-])cc2)c2nc3ccc(F)cc3s2)cc(OC)c1OC. The molecule has 0 fully saturated rings. The number of nitro benzene ring substituents is 1. The molecule has 1 aromatic heterocycles. The van der Waals surface area contributed by atoms with Crippen LogP contribution >= 0.6 is 11.3 Å². The molecule has 0 aliphatic heterocycles. The van der Waals surface area contributed by atoms with Gasteiger partial charge in [0.25, 0.3) is 11.6 Å². The number of halogens is 1. The summed E-state index contributed by atoms with van der Waals surface area (Å²) in [5.41, 5.74) is 1.00. The Morgan fingerprint density at radius 1 is 1.06 bits per heavy atom. The molecule has 0 N–H and O–H groups in total. The molecule has 10 nitrogen and oxygen atoms in total. The Morgan fingerprint density at radius 2 is 1.72 bits per heavy atom. The summed E-state index contributed by atoms with van der Waals surface area (Å²) >= 11 is 1.07. The van der Waals surface area contributed by atoms with Gasteiger partial charge in [-0.1, -0.05) is 11.3 Å². The number of hydrogen-bond donors (Lipinski definition) is 0. The van der Waals surface area contributed by atoms with E-state index in [1.54, 1.807) is 12.1 Å². The highest BCUT2D eigenvalue weighted by Crippen LogP contribution is 2.38. The number of benzene rings is 3. The van der Waals surface area contributed by atoms with Crippen molar-refractivity contribution in [1.29, 1.82) is 0 Å². The number of rotatable bonds is 8. The summed E-state index contributed by atoms with van der Waals surface area (Å²) in [4.78, 5) is 28.3. The fourth-order valence-corrected chi connectivity index (χ4v) is 4.26. The Balaban J connectivity index is 1.78. The normalized spacial score (nSPS) is 11.0. The highest BCUT2D eigenvalue weighted by atomic mass is 32.1. The summed E-state index contributed by atoms with van der Waals surface area (Å²) in [6.45, 7) is 0. The van der Waals surface area contributed by atoms with Crippen LogP contribution in [0.15, 0.2) is 59.7 Å². The van der Waals surface area contributed by atoms with Crippen molar-refractivity contribution in [2.45, 2.75) is 0 Å². The monoisotopic (exact) mass is 510 g/mol. The zero-order chi connectivity index (χ0) is 25.8. The van der Waals surface area contributed by atoms with E-state index in [1.165, 1.54) is 70.0 Å². The van der Waals surface area contributed by atoms with Crippen LogP contribution in [0.3, 0.4) is 0 Å². The number of nitro groups is 1. The van der Waals surface area contributed by atoms with Crippen LogP contribution in [0.1, 0.15) is 15.9 Å². The Hall–Kier alpha value is -4.58. The Labute approximate surface area is 208 Å². The maximum atomic E-state index is 13.7. The lowest BCUT2D eigenvalue weighted by atomic mass is 10.2. The fraction of sp³-hybridized carbons (Fsp3) is 0.125. The average Bonchev–Trinajstić information content (AvgIpc) is 3.30. The van der Waals surface area contributed by atoms with Crippen molar-refractivity contribution in [2.75, 3.05) is 26.3 Å². The molecule has 0 aliphatic rings. The molecule has 0 saturated heterocycles. The molecular weight excluding hydrogens is 491 g/mol. The van der Waals surface area contributed by atoms with E-state index in [2.05, 4.69) is 10.1 Å². The fourth-order valence-electron chi connectivity index (χ4n) is 3.31. The molecule has 0 spiro atoms. The van der Waals surface area contributed by atoms with Crippen LogP contribution < -0.4 is 19.2 Å². The smallest absolute Gasteiger partial charge is 0.280 e. The van der Waals surface area contributed by atoms with Crippen molar-refractivity contribution in [3.8, 4) is 17.2 Å². The van der Waals surface area contributed by atoms with E-state index < -0.39 is 16.6 Å². The van der Waals surface area contributed by atoms with Crippen LogP contribution in [-0.2, 0) is 0 Å². The lowest BCUT2D eigenvalue weighted by Gasteiger charge is -2.15. The van der Waals surface area contributed by atoms with Crippen molar-refractivity contribution in [3.63, 3.8) is 0 Å². The highest BCUT2D eigenvalue weighted by molar-refractivity contribution is 7.22. The summed E-state index contributed by atoms with van der Waals surface area (Å²) in [7, 11) is 4.43. The minimum absolute atomic E-state index is 0.146. The third kappa shape index (κ3) is 4.93. The number of carbonyl (C=O) groups excluding carboxylic acids is 1. The number of fused-ring (bicyclic) bond motifs is 1. The van der Waals surface area contributed by atoms with E-state index in [0.29, 0.717) is 33.0 Å². The Morgan fingerprint density at radius 3 is 2.31 bits per heavy atom. The molecule has 0 radical (unpaired) electrons. The molecule has 1 heterocycles. The van der Waals surface area contributed by atoms with Crippen LogP contribution in [0, 0.1) is 15.9 Å². The van der Waals surface area contributed by atoms with E-state index in [1.807, 2.05) is 0 Å². The molecule has 184 valence electrons. The van der Waals surface area contributed by atoms with E-state index in [-0.39, 0.29) is 16.4 Å². The van der Waals surface area contributed by atoms with E-state index in [4.69, 9.17) is 14.2 Å². The Bertz CT molecular complexity index is 1450. The summed E-state index contributed by atoms with van der Waals surface area (Å²) in [5, 5.41) is 16.6. The summed E-state index contributed by atoms with van der Waals surface area (Å²) in [5.74, 6) is 0.146. The first kappa shape index (κ1) is 24.5. The zero-order valence-corrected chi connectivity index (χ0v) is 20.1. The molecule has 0 atom stereocenters. The number of non-ortho nitro benzene ring substituents is 1. The number of hydrazone groups is 1.